The molecule has 0 aliphatic rings. The van der Waals surface area contributed by atoms with Gasteiger partial charge in [-0.05, 0) is 17.7 Å². The van der Waals surface area contributed by atoms with Crippen molar-refractivity contribution >= 4 is 28.6 Å². The topological polar surface area (TPSA) is 9.23 Å². The molecule has 0 fully saturated rings. The molecule has 0 spiro atoms. The van der Waals surface area contributed by atoms with E-state index in [9.17, 15) is 13.2 Å². The average molecular weight is 503 g/mol. The molecule has 0 unspecified atom stereocenters. The Labute approximate surface area is 182 Å². The SMILES string of the molecule is C=Cc1cc(F)cc(OC(F)F)c1.CCCC[C]([SnH])=C(CCCC)CCCC. The third-order valence-corrected chi connectivity index (χ3v) is 6.26. The van der Waals surface area contributed by atoms with Gasteiger partial charge in [0.05, 0.1) is 0 Å². The molecule has 0 bridgehead atoms. The molecule has 0 aliphatic carbocycles. The standard InChI is InChI=1S/C14H27.C9H7F3O.Sn.H/c1-4-7-10-13-14(11-8-5-2)12-9-6-3;1-2-6-3-7(10)5-8(4-6)13-9(11)12;;/h4-12H2,1-3H3;2-5,9H,1H2;;. The molecule has 0 amide bonds. The minimum absolute atomic E-state index is 0.204. The molecule has 5 heteroatoms. The molecule has 0 saturated heterocycles. The van der Waals surface area contributed by atoms with Gasteiger partial charge in [0.25, 0.3) is 0 Å². The Balaban J connectivity index is 0.000000525. The number of hydrogen-bond donors (Lipinski definition) is 0. The fourth-order valence-electron chi connectivity index (χ4n) is 2.64. The summed E-state index contributed by atoms with van der Waals surface area (Å²) < 4.78 is 42.0. The summed E-state index contributed by atoms with van der Waals surface area (Å²) in [6.07, 6.45) is 13.7. The summed E-state index contributed by atoms with van der Waals surface area (Å²) >= 11 is 1.37. The first-order valence-electron chi connectivity index (χ1n) is 10.2. The Morgan fingerprint density at radius 1 is 1.00 bits per heavy atom. The second-order valence-electron chi connectivity index (χ2n) is 6.74. The fraction of sp³-hybridized carbons (Fsp3) is 0.565. The van der Waals surface area contributed by atoms with Crippen molar-refractivity contribution in [2.75, 3.05) is 0 Å². The molecule has 2 radical (unpaired) electrons. The van der Waals surface area contributed by atoms with Gasteiger partial charge in [0.2, 0.25) is 0 Å². The normalized spacial score (nSPS) is 10.3. The average Bonchev–Trinajstić information content (AvgIpc) is 2.65. The molecule has 0 aromatic heterocycles. The number of allylic oxidation sites excluding steroid dienone is 2. The second-order valence-corrected chi connectivity index (χ2v) is 8.73. The molecule has 1 nitrogen and oxygen atoms in total. The number of alkyl halides is 2. The predicted octanol–water partition coefficient (Wildman–Crippen LogP) is 7.78. The van der Waals surface area contributed by atoms with Crippen LogP contribution in [0.15, 0.2) is 33.9 Å². The molecule has 1 aromatic rings. The van der Waals surface area contributed by atoms with Crippen molar-refractivity contribution in [1.29, 1.82) is 0 Å². The maximum atomic E-state index is 12.7. The Bertz CT molecular complexity index is 575. The summed E-state index contributed by atoms with van der Waals surface area (Å²) in [6, 6.07) is 3.34. The van der Waals surface area contributed by atoms with E-state index in [0.29, 0.717) is 5.56 Å². The maximum absolute atomic E-state index is 12.7. The van der Waals surface area contributed by atoms with Crippen LogP contribution in [-0.2, 0) is 0 Å². The van der Waals surface area contributed by atoms with E-state index in [1.807, 2.05) is 9.16 Å². The first-order chi connectivity index (χ1) is 13.4. The Kier molecular flexibility index (Phi) is 16.4. The molecule has 0 atom stereocenters. The van der Waals surface area contributed by atoms with E-state index in [-0.39, 0.29) is 5.75 Å². The van der Waals surface area contributed by atoms with Crippen molar-refractivity contribution in [2.45, 2.75) is 85.2 Å². The van der Waals surface area contributed by atoms with Crippen molar-refractivity contribution in [1.82, 2.24) is 0 Å². The van der Waals surface area contributed by atoms with Crippen LogP contribution in [0.25, 0.3) is 6.08 Å². The monoisotopic (exact) mass is 504 g/mol. The quantitative estimate of drug-likeness (QED) is 0.265. The van der Waals surface area contributed by atoms with Crippen molar-refractivity contribution in [3.63, 3.8) is 0 Å². The van der Waals surface area contributed by atoms with E-state index in [2.05, 4.69) is 32.1 Å². The van der Waals surface area contributed by atoms with E-state index in [1.54, 1.807) is 0 Å². The summed E-state index contributed by atoms with van der Waals surface area (Å²) in [6.45, 7) is 7.34. The van der Waals surface area contributed by atoms with Crippen molar-refractivity contribution < 1.29 is 17.9 Å². The van der Waals surface area contributed by atoms with Gasteiger partial charge in [0, 0.05) is 6.07 Å². The number of hydrogen-bond acceptors (Lipinski definition) is 1. The molecule has 158 valence electrons. The Morgan fingerprint density at radius 3 is 2.00 bits per heavy atom. The molecule has 1 aromatic carbocycles. The van der Waals surface area contributed by atoms with Crippen LogP contribution in [0.1, 0.15) is 84.1 Å². The van der Waals surface area contributed by atoms with Crippen LogP contribution in [0, 0.1) is 5.82 Å². The number of ether oxygens (including phenoxy) is 1. The first-order valence-corrected chi connectivity index (χ1v) is 11.9. The molecule has 0 aliphatic heterocycles. The molecular weight excluding hydrogens is 468 g/mol. The summed E-state index contributed by atoms with van der Waals surface area (Å²) in [7, 11) is 0. The predicted molar refractivity (Wildman–Crippen MR) is 116 cm³/mol. The molecular formula is C23H35F3OSn. The van der Waals surface area contributed by atoms with Crippen LogP contribution in [0.5, 0.6) is 5.75 Å². The Morgan fingerprint density at radius 2 is 1.54 bits per heavy atom. The van der Waals surface area contributed by atoms with E-state index < -0.39 is 12.4 Å². The zero-order chi connectivity index (χ0) is 21.4. The van der Waals surface area contributed by atoms with Crippen LogP contribution < -0.4 is 4.74 Å². The number of halogens is 3. The minimum atomic E-state index is -2.94. The zero-order valence-corrected chi connectivity index (χ0v) is 20.9. The molecule has 0 heterocycles. The Hall–Kier alpha value is -0.911. The number of benzene rings is 1. The van der Waals surface area contributed by atoms with Crippen LogP contribution in [-0.4, -0.2) is 29.1 Å². The van der Waals surface area contributed by atoms with E-state index in [0.717, 1.165) is 6.07 Å². The van der Waals surface area contributed by atoms with Gasteiger partial charge in [-0.25, -0.2) is 4.39 Å². The van der Waals surface area contributed by atoms with Gasteiger partial charge in [-0.2, -0.15) is 8.78 Å². The van der Waals surface area contributed by atoms with E-state index >= 15 is 0 Å². The van der Waals surface area contributed by atoms with Crippen LogP contribution in [0.4, 0.5) is 13.2 Å². The van der Waals surface area contributed by atoms with Crippen molar-refractivity contribution in [3.05, 3.63) is 45.3 Å². The van der Waals surface area contributed by atoms with Gasteiger partial charge in [0.1, 0.15) is 11.6 Å². The molecule has 28 heavy (non-hydrogen) atoms. The van der Waals surface area contributed by atoms with Crippen molar-refractivity contribution in [2.24, 2.45) is 0 Å². The number of unbranched alkanes of at least 4 members (excludes halogenated alkanes) is 3. The summed E-state index contributed by atoms with van der Waals surface area (Å²) in [5.74, 6) is -0.835. The van der Waals surface area contributed by atoms with Crippen molar-refractivity contribution in [3.8, 4) is 5.75 Å². The van der Waals surface area contributed by atoms with Crippen LogP contribution >= 0.6 is 0 Å². The van der Waals surface area contributed by atoms with Gasteiger partial charge in [0.15, 0.2) is 0 Å². The van der Waals surface area contributed by atoms with Crippen LogP contribution in [0.2, 0.25) is 0 Å². The molecule has 1 rings (SSSR count). The fourth-order valence-corrected chi connectivity index (χ4v) is 4.05. The molecule has 0 saturated carbocycles. The van der Waals surface area contributed by atoms with Crippen LogP contribution in [0.3, 0.4) is 0 Å². The van der Waals surface area contributed by atoms with Gasteiger partial charge < -0.3 is 4.74 Å². The third kappa shape index (κ3) is 13.3. The second kappa shape index (κ2) is 17.0. The van der Waals surface area contributed by atoms with E-state index in [1.165, 1.54) is 98.5 Å². The van der Waals surface area contributed by atoms with Gasteiger partial charge >= 0.3 is 117 Å². The van der Waals surface area contributed by atoms with Gasteiger partial charge in [-0.1, -0.05) is 12.7 Å². The zero-order valence-electron chi connectivity index (χ0n) is 17.6. The van der Waals surface area contributed by atoms with Gasteiger partial charge in [-0.3, -0.25) is 0 Å². The first kappa shape index (κ1) is 27.1. The summed E-state index contributed by atoms with van der Waals surface area (Å²) in [5.41, 5.74) is 2.23. The summed E-state index contributed by atoms with van der Waals surface area (Å²) in [4.78, 5) is 0. The third-order valence-electron chi connectivity index (χ3n) is 4.27. The molecule has 0 N–H and O–H groups in total. The summed E-state index contributed by atoms with van der Waals surface area (Å²) in [5, 5.41) is 0. The number of rotatable bonds is 12. The van der Waals surface area contributed by atoms with E-state index in [4.69, 9.17) is 0 Å². The van der Waals surface area contributed by atoms with Gasteiger partial charge in [-0.15, -0.1) is 0 Å².